The predicted octanol–water partition coefficient (Wildman–Crippen LogP) is 4.94. The van der Waals surface area contributed by atoms with Crippen molar-refractivity contribution in [2.45, 2.75) is 45.6 Å². The highest BCUT2D eigenvalue weighted by Crippen LogP contribution is 2.24. The van der Waals surface area contributed by atoms with Crippen LogP contribution >= 0.6 is 0 Å². The third-order valence-electron chi connectivity index (χ3n) is 5.79. The van der Waals surface area contributed by atoms with Gasteiger partial charge in [-0.1, -0.05) is 42.5 Å². The number of likely N-dealkylation sites (tertiary alicyclic amines) is 1. The van der Waals surface area contributed by atoms with Crippen molar-refractivity contribution < 1.29 is 4.79 Å². The highest BCUT2D eigenvalue weighted by atomic mass is 16.2. The fourth-order valence-corrected chi connectivity index (χ4v) is 4.17. The van der Waals surface area contributed by atoms with Crippen molar-refractivity contribution in [1.29, 1.82) is 0 Å². The second-order valence-corrected chi connectivity index (χ2v) is 7.67. The van der Waals surface area contributed by atoms with Gasteiger partial charge in [-0.3, -0.25) is 4.79 Å². The first kappa shape index (κ1) is 17.8. The first-order chi connectivity index (χ1) is 13.2. The fraction of sp³-hybridized carbons (Fsp3) is 0.375. The minimum absolute atomic E-state index is 0.311. The lowest BCUT2D eigenvalue weighted by molar-refractivity contribution is -0.132. The molecule has 3 nitrogen and oxygen atoms in total. The molecule has 1 amide bonds. The van der Waals surface area contributed by atoms with Crippen LogP contribution in [0.1, 0.15) is 42.4 Å². The maximum Gasteiger partial charge on any atom is 0.222 e. The van der Waals surface area contributed by atoms with Crippen molar-refractivity contribution in [2.24, 2.45) is 0 Å². The van der Waals surface area contributed by atoms with Gasteiger partial charge in [0.25, 0.3) is 0 Å². The Morgan fingerprint density at radius 3 is 2.48 bits per heavy atom. The molecule has 140 valence electrons. The first-order valence-corrected chi connectivity index (χ1v) is 10.1. The zero-order valence-corrected chi connectivity index (χ0v) is 16.2. The number of aryl methyl sites for hydroxylation is 2. The summed E-state index contributed by atoms with van der Waals surface area (Å²) in [5.41, 5.74) is 5.19. The number of carbonyl (C=O) groups excluding carboxylic acids is 1. The summed E-state index contributed by atoms with van der Waals surface area (Å²) >= 11 is 0. The van der Waals surface area contributed by atoms with Gasteiger partial charge in [0.2, 0.25) is 5.91 Å². The summed E-state index contributed by atoms with van der Waals surface area (Å²) in [6, 6.07) is 17.1. The zero-order valence-electron chi connectivity index (χ0n) is 16.2. The van der Waals surface area contributed by atoms with Gasteiger partial charge in [-0.25, -0.2) is 0 Å². The van der Waals surface area contributed by atoms with E-state index in [1.807, 2.05) is 0 Å². The molecule has 1 aromatic heterocycles. The summed E-state index contributed by atoms with van der Waals surface area (Å²) in [4.78, 5) is 14.6. The molecule has 0 N–H and O–H groups in total. The highest BCUT2D eigenvalue weighted by Gasteiger charge is 2.17. The minimum atomic E-state index is 0.311. The van der Waals surface area contributed by atoms with Gasteiger partial charge < -0.3 is 9.47 Å². The van der Waals surface area contributed by atoms with Gasteiger partial charge >= 0.3 is 0 Å². The molecule has 0 bridgehead atoms. The molecule has 1 aliphatic heterocycles. The number of hydrogen-bond acceptors (Lipinski definition) is 1. The van der Waals surface area contributed by atoms with E-state index >= 15 is 0 Å². The Bertz CT molecular complexity index is 934. The van der Waals surface area contributed by atoms with E-state index in [2.05, 4.69) is 71.1 Å². The van der Waals surface area contributed by atoms with Crippen LogP contribution in [0, 0.1) is 6.92 Å². The van der Waals surface area contributed by atoms with E-state index in [9.17, 15) is 4.79 Å². The first-order valence-electron chi connectivity index (χ1n) is 10.1. The number of piperidine rings is 1. The smallest absolute Gasteiger partial charge is 0.222 e. The monoisotopic (exact) mass is 360 g/mol. The Hall–Kier alpha value is -2.55. The number of benzene rings is 2. The van der Waals surface area contributed by atoms with Gasteiger partial charge in [0.15, 0.2) is 0 Å². The van der Waals surface area contributed by atoms with Crippen molar-refractivity contribution in [1.82, 2.24) is 9.47 Å². The van der Waals surface area contributed by atoms with Crippen LogP contribution in [-0.4, -0.2) is 28.5 Å². The van der Waals surface area contributed by atoms with Crippen LogP contribution in [0.5, 0.6) is 0 Å². The molecule has 0 unspecified atom stereocenters. The molecule has 4 rings (SSSR count). The third kappa shape index (κ3) is 3.92. The van der Waals surface area contributed by atoms with Crippen molar-refractivity contribution in [3.63, 3.8) is 0 Å². The van der Waals surface area contributed by atoms with Crippen LogP contribution in [0.15, 0.2) is 54.7 Å². The van der Waals surface area contributed by atoms with E-state index in [4.69, 9.17) is 0 Å². The van der Waals surface area contributed by atoms with Gasteiger partial charge in [0, 0.05) is 43.2 Å². The summed E-state index contributed by atoms with van der Waals surface area (Å²) in [5, 5.41) is 1.28. The van der Waals surface area contributed by atoms with Gasteiger partial charge in [0.05, 0.1) is 0 Å². The van der Waals surface area contributed by atoms with E-state index in [0.29, 0.717) is 12.3 Å². The maximum atomic E-state index is 12.6. The van der Waals surface area contributed by atoms with Crippen LogP contribution in [0.4, 0.5) is 0 Å². The summed E-state index contributed by atoms with van der Waals surface area (Å²) in [6.07, 6.45) is 7.24. The van der Waals surface area contributed by atoms with Crippen LogP contribution in [0.25, 0.3) is 10.9 Å². The largest absolute Gasteiger partial charge is 0.343 e. The van der Waals surface area contributed by atoms with Gasteiger partial charge in [-0.05, 0) is 55.4 Å². The molecule has 0 radical (unpaired) electrons. The maximum absolute atomic E-state index is 12.6. The number of carbonyl (C=O) groups is 1. The molecule has 0 aliphatic carbocycles. The number of fused-ring (bicyclic) bond motifs is 1. The second-order valence-electron chi connectivity index (χ2n) is 7.67. The van der Waals surface area contributed by atoms with Gasteiger partial charge in [0.1, 0.15) is 0 Å². The highest BCUT2D eigenvalue weighted by molar-refractivity contribution is 5.85. The molecule has 27 heavy (non-hydrogen) atoms. The van der Waals surface area contributed by atoms with E-state index in [1.165, 1.54) is 34.0 Å². The molecule has 1 aliphatic rings. The molecule has 0 atom stereocenters. The standard InChI is InChI=1S/C24H28N2O/c1-19-9-3-4-10-20(19)17-26-18-21(22-11-5-6-12-23(22)26)13-14-24(27)25-15-7-2-8-16-25/h3-6,9-12,18H,2,7-8,13-17H2,1H3. The zero-order chi connectivity index (χ0) is 18.6. The molecule has 2 aromatic carbocycles. The molecule has 3 aromatic rings. The van der Waals surface area contributed by atoms with E-state index in [1.54, 1.807) is 0 Å². The topological polar surface area (TPSA) is 25.2 Å². The lowest BCUT2D eigenvalue weighted by Crippen LogP contribution is -2.35. The van der Waals surface area contributed by atoms with Crippen LogP contribution < -0.4 is 0 Å². The quantitative estimate of drug-likeness (QED) is 0.632. The molecular formula is C24H28N2O. The van der Waals surface area contributed by atoms with Crippen LogP contribution in [0.3, 0.4) is 0 Å². The third-order valence-corrected chi connectivity index (χ3v) is 5.79. The average molecular weight is 361 g/mol. The Balaban J connectivity index is 1.54. The number of para-hydroxylation sites is 1. The fourth-order valence-electron chi connectivity index (χ4n) is 4.17. The molecule has 3 heteroatoms. The van der Waals surface area contributed by atoms with Crippen molar-refractivity contribution in [3.05, 3.63) is 71.4 Å². The van der Waals surface area contributed by atoms with Crippen molar-refractivity contribution in [3.8, 4) is 0 Å². The number of hydrogen-bond donors (Lipinski definition) is 0. The SMILES string of the molecule is Cc1ccccc1Cn1cc(CCC(=O)N2CCCCC2)c2ccccc21. The Morgan fingerprint density at radius 2 is 1.67 bits per heavy atom. The van der Waals surface area contributed by atoms with Crippen LogP contribution in [0.2, 0.25) is 0 Å². The number of amides is 1. The molecule has 1 fully saturated rings. The normalized spacial score (nSPS) is 14.6. The minimum Gasteiger partial charge on any atom is -0.343 e. The lowest BCUT2D eigenvalue weighted by atomic mass is 10.1. The Kier molecular flexibility index (Phi) is 5.28. The summed E-state index contributed by atoms with van der Waals surface area (Å²) < 4.78 is 2.33. The number of aromatic nitrogens is 1. The molecule has 2 heterocycles. The Labute approximate surface area is 161 Å². The summed E-state index contributed by atoms with van der Waals surface area (Å²) in [6.45, 7) is 4.91. The summed E-state index contributed by atoms with van der Waals surface area (Å²) in [7, 11) is 0. The van der Waals surface area contributed by atoms with E-state index in [0.717, 1.165) is 38.9 Å². The summed E-state index contributed by atoms with van der Waals surface area (Å²) in [5.74, 6) is 0.311. The molecule has 0 spiro atoms. The van der Waals surface area contributed by atoms with Crippen LogP contribution in [-0.2, 0) is 17.8 Å². The van der Waals surface area contributed by atoms with Gasteiger partial charge in [-0.15, -0.1) is 0 Å². The molecule has 0 saturated carbocycles. The Morgan fingerprint density at radius 1 is 0.926 bits per heavy atom. The molecular weight excluding hydrogens is 332 g/mol. The van der Waals surface area contributed by atoms with E-state index in [-0.39, 0.29) is 0 Å². The number of nitrogens with zero attached hydrogens (tertiary/aromatic N) is 2. The molecule has 1 saturated heterocycles. The average Bonchev–Trinajstić information content (AvgIpc) is 3.06. The lowest BCUT2D eigenvalue weighted by Gasteiger charge is -2.26. The van der Waals surface area contributed by atoms with Gasteiger partial charge in [-0.2, -0.15) is 0 Å². The van der Waals surface area contributed by atoms with Crippen molar-refractivity contribution >= 4 is 16.8 Å². The van der Waals surface area contributed by atoms with E-state index < -0.39 is 0 Å². The predicted molar refractivity (Wildman–Crippen MR) is 111 cm³/mol. The van der Waals surface area contributed by atoms with Crippen molar-refractivity contribution in [2.75, 3.05) is 13.1 Å². The number of rotatable bonds is 5. The second kappa shape index (κ2) is 7.99.